The second kappa shape index (κ2) is 8.96. The minimum absolute atomic E-state index is 0.0304. The highest BCUT2D eigenvalue weighted by Crippen LogP contribution is 2.31. The van der Waals surface area contributed by atoms with E-state index >= 15 is 0 Å². The Hall–Kier alpha value is -3.73. The maximum atomic E-state index is 14.7. The molecule has 0 unspecified atom stereocenters. The molecule has 0 bridgehead atoms. The molecule has 0 fully saturated rings. The molecule has 0 aliphatic rings. The van der Waals surface area contributed by atoms with Crippen molar-refractivity contribution in [1.29, 1.82) is 0 Å². The van der Waals surface area contributed by atoms with Crippen molar-refractivity contribution in [2.45, 2.75) is 20.5 Å². The highest BCUT2D eigenvalue weighted by molar-refractivity contribution is 6.01. The van der Waals surface area contributed by atoms with Crippen LogP contribution in [0.3, 0.4) is 0 Å². The first-order chi connectivity index (χ1) is 15.1. The van der Waals surface area contributed by atoms with Crippen LogP contribution in [0.15, 0.2) is 90.1 Å². The molecule has 0 aliphatic carbocycles. The summed E-state index contributed by atoms with van der Waals surface area (Å²) < 4.78 is 30.4. The van der Waals surface area contributed by atoms with Crippen LogP contribution in [0.5, 0.6) is 0 Å². The summed E-state index contributed by atoms with van der Waals surface area (Å²) in [6.07, 6.45) is 0. The fourth-order valence-electron chi connectivity index (χ4n) is 3.60. The van der Waals surface area contributed by atoms with Crippen molar-refractivity contribution < 1.29 is 13.6 Å². The summed E-state index contributed by atoms with van der Waals surface area (Å²) in [7, 11) is 0. The molecule has 1 heterocycles. The Kier molecular flexibility index (Phi) is 5.94. The summed E-state index contributed by atoms with van der Waals surface area (Å²) in [4.78, 5) is 5.42. The lowest BCUT2D eigenvalue weighted by molar-refractivity contribution is 0.128. The second-order valence-corrected chi connectivity index (χ2v) is 7.22. The SMILES string of the molecule is C/C(=N/OCc1ccccc1F)c1cc(-c2ccccc2)n(-c2ccccc2F)c1C. The lowest BCUT2D eigenvalue weighted by Gasteiger charge is -2.13. The van der Waals surface area contributed by atoms with Crippen molar-refractivity contribution in [3.63, 3.8) is 0 Å². The molecule has 3 nitrogen and oxygen atoms in total. The smallest absolute Gasteiger partial charge is 0.147 e. The molecule has 0 saturated carbocycles. The molecular formula is C26H22F2N2O. The zero-order chi connectivity index (χ0) is 21.8. The summed E-state index contributed by atoms with van der Waals surface area (Å²) in [6.45, 7) is 3.77. The van der Waals surface area contributed by atoms with Gasteiger partial charge in [-0.25, -0.2) is 8.78 Å². The largest absolute Gasteiger partial charge is 0.391 e. The van der Waals surface area contributed by atoms with Gasteiger partial charge in [0.2, 0.25) is 0 Å². The van der Waals surface area contributed by atoms with E-state index in [1.54, 1.807) is 30.3 Å². The zero-order valence-electron chi connectivity index (χ0n) is 17.3. The van der Waals surface area contributed by atoms with Crippen LogP contribution < -0.4 is 0 Å². The van der Waals surface area contributed by atoms with Gasteiger partial charge in [-0.2, -0.15) is 0 Å². The maximum absolute atomic E-state index is 14.7. The molecule has 4 rings (SSSR count). The summed E-state index contributed by atoms with van der Waals surface area (Å²) >= 11 is 0. The molecule has 3 aromatic carbocycles. The number of rotatable bonds is 6. The summed E-state index contributed by atoms with van der Waals surface area (Å²) in [5.41, 5.74) is 4.99. The van der Waals surface area contributed by atoms with E-state index < -0.39 is 0 Å². The summed E-state index contributed by atoms with van der Waals surface area (Å²) in [6, 6.07) is 24.9. The van der Waals surface area contributed by atoms with E-state index in [1.165, 1.54) is 12.1 Å². The third-order valence-corrected chi connectivity index (χ3v) is 5.18. The molecule has 0 amide bonds. The van der Waals surface area contributed by atoms with Crippen LogP contribution in [-0.4, -0.2) is 10.3 Å². The topological polar surface area (TPSA) is 26.5 Å². The summed E-state index contributed by atoms with van der Waals surface area (Å²) in [5, 5.41) is 4.20. The number of benzene rings is 3. The Morgan fingerprint density at radius 2 is 1.52 bits per heavy atom. The van der Waals surface area contributed by atoms with Crippen LogP contribution in [0.4, 0.5) is 8.78 Å². The number of hydrogen-bond acceptors (Lipinski definition) is 2. The van der Waals surface area contributed by atoms with E-state index in [1.807, 2.05) is 60.9 Å². The van der Waals surface area contributed by atoms with Crippen molar-refractivity contribution in [1.82, 2.24) is 4.57 Å². The van der Waals surface area contributed by atoms with Gasteiger partial charge in [-0.1, -0.05) is 65.8 Å². The number of aromatic nitrogens is 1. The Morgan fingerprint density at radius 3 is 2.23 bits per heavy atom. The maximum Gasteiger partial charge on any atom is 0.147 e. The molecule has 0 atom stereocenters. The van der Waals surface area contributed by atoms with Crippen LogP contribution in [-0.2, 0) is 11.4 Å². The van der Waals surface area contributed by atoms with Crippen molar-refractivity contribution >= 4 is 5.71 Å². The van der Waals surface area contributed by atoms with Crippen molar-refractivity contribution in [3.05, 3.63) is 113 Å². The summed E-state index contributed by atoms with van der Waals surface area (Å²) in [5.74, 6) is -0.640. The predicted molar refractivity (Wildman–Crippen MR) is 119 cm³/mol. The van der Waals surface area contributed by atoms with Gasteiger partial charge in [-0.05, 0) is 43.7 Å². The third-order valence-electron chi connectivity index (χ3n) is 5.18. The van der Waals surface area contributed by atoms with Gasteiger partial charge < -0.3 is 9.40 Å². The molecule has 5 heteroatoms. The van der Waals surface area contributed by atoms with Crippen LogP contribution in [0.25, 0.3) is 16.9 Å². The third kappa shape index (κ3) is 4.26. The lowest BCUT2D eigenvalue weighted by atomic mass is 10.1. The molecule has 0 spiro atoms. The van der Waals surface area contributed by atoms with Crippen LogP contribution >= 0.6 is 0 Å². The van der Waals surface area contributed by atoms with E-state index in [2.05, 4.69) is 5.16 Å². The van der Waals surface area contributed by atoms with Gasteiger partial charge in [0.05, 0.1) is 17.1 Å². The Balaban J connectivity index is 1.73. The zero-order valence-corrected chi connectivity index (χ0v) is 17.3. The van der Waals surface area contributed by atoms with Gasteiger partial charge in [0.25, 0.3) is 0 Å². The average molecular weight is 416 g/mol. The van der Waals surface area contributed by atoms with Gasteiger partial charge >= 0.3 is 0 Å². The molecule has 0 N–H and O–H groups in total. The Labute approximate surface area is 180 Å². The Morgan fingerprint density at radius 1 is 0.871 bits per heavy atom. The molecule has 31 heavy (non-hydrogen) atoms. The first-order valence-electron chi connectivity index (χ1n) is 9.99. The number of hydrogen-bond donors (Lipinski definition) is 0. The standard InChI is InChI=1S/C26H22F2N2O/c1-18(29-31-17-21-12-6-7-13-23(21)27)22-16-26(20-10-4-3-5-11-20)30(19(22)2)25-15-9-8-14-24(25)28/h3-16H,17H2,1-2H3/b29-18-. The van der Waals surface area contributed by atoms with Gasteiger partial charge in [0.15, 0.2) is 0 Å². The second-order valence-electron chi connectivity index (χ2n) is 7.22. The van der Waals surface area contributed by atoms with Crippen molar-refractivity contribution in [2.75, 3.05) is 0 Å². The van der Waals surface area contributed by atoms with Gasteiger partial charge in [-0.3, -0.25) is 0 Å². The van der Waals surface area contributed by atoms with E-state index in [9.17, 15) is 8.78 Å². The van der Waals surface area contributed by atoms with Crippen LogP contribution in [0, 0.1) is 18.6 Å². The molecule has 4 aromatic rings. The molecule has 0 aliphatic heterocycles. The lowest BCUT2D eigenvalue weighted by Crippen LogP contribution is -2.04. The molecule has 0 saturated heterocycles. The number of oxime groups is 1. The van der Waals surface area contributed by atoms with E-state index in [0.717, 1.165) is 22.5 Å². The van der Waals surface area contributed by atoms with E-state index in [0.29, 0.717) is 17.0 Å². The molecular weight excluding hydrogens is 394 g/mol. The van der Waals surface area contributed by atoms with Gasteiger partial charge in [0.1, 0.15) is 18.2 Å². The first kappa shape index (κ1) is 20.5. The average Bonchev–Trinajstić information content (AvgIpc) is 3.13. The normalized spacial score (nSPS) is 11.5. The van der Waals surface area contributed by atoms with E-state index in [-0.39, 0.29) is 18.2 Å². The monoisotopic (exact) mass is 416 g/mol. The fourth-order valence-corrected chi connectivity index (χ4v) is 3.60. The fraction of sp³-hybridized carbons (Fsp3) is 0.115. The minimum atomic E-state index is -0.330. The minimum Gasteiger partial charge on any atom is -0.391 e. The number of halogens is 2. The number of para-hydroxylation sites is 1. The van der Waals surface area contributed by atoms with Gasteiger partial charge in [-0.15, -0.1) is 0 Å². The van der Waals surface area contributed by atoms with Crippen LogP contribution in [0.1, 0.15) is 23.7 Å². The quantitative estimate of drug-likeness (QED) is 0.255. The van der Waals surface area contributed by atoms with E-state index in [4.69, 9.17) is 4.84 Å². The molecule has 156 valence electrons. The van der Waals surface area contributed by atoms with Crippen molar-refractivity contribution in [3.8, 4) is 16.9 Å². The van der Waals surface area contributed by atoms with Crippen LogP contribution in [0.2, 0.25) is 0 Å². The highest BCUT2D eigenvalue weighted by Gasteiger charge is 2.18. The van der Waals surface area contributed by atoms with Crippen molar-refractivity contribution in [2.24, 2.45) is 5.16 Å². The highest BCUT2D eigenvalue weighted by atomic mass is 19.1. The number of nitrogens with zero attached hydrogens (tertiary/aromatic N) is 2. The molecule has 1 aromatic heterocycles. The van der Waals surface area contributed by atoms with Gasteiger partial charge in [0, 0.05) is 16.8 Å². The molecule has 0 radical (unpaired) electrons. The predicted octanol–water partition coefficient (Wildman–Crippen LogP) is 6.67. The first-order valence-corrected chi connectivity index (χ1v) is 9.99. The Bertz CT molecular complexity index is 1230.